The Kier molecular flexibility index (Phi) is 5.64. The smallest absolute Gasteiger partial charge is 0.157 e. The van der Waals surface area contributed by atoms with Crippen LogP contribution in [0.4, 0.5) is 5.82 Å². The van der Waals surface area contributed by atoms with Gasteiger partial charge < -0.3 is 15.7 Å². The van der Waals surface area contributed by atoms with Crippen LogP contribution in [0.25, 0.3) is 5.65 Å². The largest absolute Gasteiger partial charge is 0.373 e. The van der Waals surface area contributed by atoms with Crippen LogP contribution < -0.4 is 10.6 Å². The number of thiophene rings is 1. The van der Waals surface area contributed by atoms with Crippen molar-refractivity contribution in [3.05, 3.63) is 44.9 Å². The minimum Gasteiger partial charge on any atom is -0.373 e. The maximum absolute atomic E-state index is 11.4. The quantitative estimate of drug-likeness (QED) is 0.610. The number of nitrogens with zero attached hydrogens (tertiary/aromatic N) is 5. The maximum atomic E-state index is 11.4. The number of fused-ring (bicyclic) bond motifs is 2. The van der Waals surface area contributed by atoms with Gasteiger partial charge in [0, 0.05) is 53.3 Å². The monoisotopic (exact) mass is 466 g/mol. The van der Waals surface area contributed by atoms with Crippen LogP contribution in [0, 0.1) is 6.92 Å². The molecule has 2 saturated heterocycles. The summed E-state index contributed by atoms with van der Waals surface area (Å²) < 4.78 is 1.91. The number of nitrogens with two attached hydrogens (primary N) is 1. The van der Waals surface area contributed by atoms with E-state index in [0.29, 0.717) is 0 Å². The van der Waals surface area contributed by atoms with Crippen molar-refractivity contribution >= 4 is 22.8 Å². The van der Waals surface area contributed by atoms with E-state index >= 15 is 0 Å². The fraction of sp³-hybridized carbons (Fsp3) is 0.600. The summed E-state index contributed by atoms with van der Waals surface area (Å²) in [5, 5.41) is 16.4. The zero-order valence-corrected chi connectivity index (χ0v) is 20.2. The molecule has 0 aromatic carbocycles. The average Bonchev–Trinajstić information content (AvgIpc) is 3.55. The lowest BCUT2D eigenvalue weighted by molar-refractivity contribution is -0.0433. The molecule has 3 atom stereocenters. The predicted molar refractivity (Wildman–Crippen MR) is 132 cm³/mol. The van der Waals surface area contributed by atoms with E-state index in [1.54, 1.807) is 0 Å². The fourth-order valence-electron chi connectivity index (χ4n) is 5.85. The molecule has 6 rings (SSSR count). The first kappa shape index (κ1) is 21.5. The van der Waals surface area contributed by atoms with Crippen molar-refractivity contribution in [2.24, 2.45) is 5.73 Å². The lowest BCUT2D eigenvalue weighted by Crippen LogP contribution is -2.36. The van der Waals surface area contributed by atoms with E-state index in [2.05, 4.69) is 35.1 Å². The summed E-state index contributed by atoms with van der Waals surface area (Å²) in [5.41, 5.74) is 10.6. The predicted octanol–water partition coefficient (Wildman–Crippen LogP) is 3.73. The van der Waals surface area contributed by atoms with Crippen LogP contribution in [0.5, 0.6) is 0 Å². The van der Waals surface area contributed by atoms with Crippen LogP contribution in [-0.2, 0) is 12.8 Å². The molecule has 3 aliphatic rings. The van der Waals surface area contributed by atoms with Gasteiger partial charge in [-0.05, 0) is 63.5 Å². The molecular weight excluding hydrogens is 432 g/mol. The minimum atomic E-state index is -0.563. The Hall–Kier alpha value is -2.00. The summed E-state index contributed by atoms with van der Waals surface area (Å²) in [6.45, 7) is 4.81. The Morgan fingerprint density at radius 1 is 1.12 bits per heavy atom. The van der Waals surface area contributed by atoms with Crippen LogP contribution in [0.1, 0.15) is 77.4 Å². The van der Waals surface area contributed by atoms with Crippen LogP contribution in [0.15, 0.2) is 18.3 Å². The van der Waals surface area contributed by atoms with Crippen molar-refractivity contribution in [2.75, 3.05) is 24.5 Å². The van der Waals surface area contributed by atoms with Gasteiger partial charge in [-0.1, -0.05) is 6.42 Å². The van der Waals surface area contributed by atoms with Crippen molar-refractivity contribution in [3.8, 4) is 0 Å². The van der Waals surface area contributed by atoms with Crippen molar-refractivity contribution in [2.45, 2.75) is 76.6 Å². The van der Waals surface area contributed by atoms with Crippen LogP contribution in [0.2, 0.25) is 0 Å². The Balaban J connectivity index is 1.30. The SMILES string of the molecule is Cc1cn2nc([C@@H]3CCCCN3C(O)c3cc4c(s3)CCCC4)cc2nc1N1CC[C@H](N)C1. The second kappa shape index (κ2) is 8.65. The Labute approximate surface area is 199 Å². The van der Waals surface area contributed by atoms with Crippen LogP contribution in [0.3, 0.4) is 0 Å². The van der Waals surface area contributed by atoms with Gasteiger partial charge in [0.25, 0.3) is 0 Å². The van der Waals surface area contributed by atoms with Gasteiger partial charge in [-0.25, -0.2) is 9.50 Å². The molecule has 0 spiro atoms. The number of hydrogen-bond donors (Lipinski definition) is 2. The molecule has 176 valence electrons. The molecule has 5 heterocycles. The zero-order valence-electron chi connectivity index (χ0n) is 19.4. The highest BCUT2D eigenvalue weighted by Crippen LogP contribution is 2.40. The molecule has 3 aromatic rings. The summed E-state index contributed by atoms with van der Waals surface area (Å²) in [6, 6.07) is 4.72. The lowest BCUT2D eigenvalue weighted by atomic mass is 9.97. The summed E-state index contributed by atoms with van der Waals surface area (Å²) in [7, 11) is 0. The van der Waals surface area contributed by atoms with Gasteiger partial charge in [0.2, 0.25) is 0 Å². The van der Waals surface area contributed by atoms with Crippen LogP contribution >= 0.6 is 11.3 Å². The Bertz CT molecular complexity index is 1130. The van der Waals surface area contributed by atoms with Gasteiger partial charge in [-0.15, -0.1) is 11.3 Å². The maximum Gasteiger partial charge on any atom is 0.157 e. The fourth-order valence-corrected chi connectivity index (χ4v) is 7.12. The highest BCUT2D eigenvalue weighted by Gasteiger charge is 2.33. The Morgan fingerprint density at radius 3 is 2.82 bits per heavy atom. The van der Waals surface area contributed by atoms with E-state index < -0.39 is 6.23 Å². The molecule has 8 heteroatoms. The highest BCUT2D eigenvalue weighted by atomic mass is 32.1. The van der Waals surface area contributed by atoms with E-state index in [1.165, 1.54) is 23.3 Å². The minimum absolute atomic E-state index is 0.110. The molecule has 1 aliphatic carbocycles. The first-order valence-corrected chi connectivity index (χ1v) is 13.3. The molecule has 0 saturated carbocycles. The number of aromatic nitrogens is 3. The first-order valence-electron chi connectivity index (χ1n) is 12.5. The number of piperidine rings is 1. The third-order valence-electron chi connectivity index (χ3n) is 7.62. The molecule has 3 N–H and O–H groups in total. The average molecular weight is 467 g/mol. The standard InChI is InChI=1S/C25H34N6OS/c1-16-14-31-23(27-24(16)29-11-9-18(26)15-29)13-19(28-31)20-7-4-5-10-30(20)25(32)22-12-17-6-2-3-8-21(17)33-22/h12-14,18,20,25,32H,2-11,15,26H2,1H3/t18-,20-,25?/m0/s1. The lowest BCUT2D eigenvalue weighted by Gasteiger charge is -2.37. The van der Waals surface area contributed by atoms with Gasteiger partial charge >= 0.3 is 0 Å². The molecule has 33 heavy (non-hydrogen) atoms. The third kappa shape index (κ3) is 3.97. The normalized spacial score (nSPS) is 25.0. The molecule has 7 nitrogen and oxygen atoms in total. The molecule has 3 aromatic heterocycles. The topological polar surface area (TPSA) is 82.9 Å². The van der Waals surface area contributed by atoms with Crippen molar-refractivity contribution in [1.82, 2.24) is 19.5 Å². The molecule has 2 fully saturated rings. The summed E-state index contributed by atoms with van der Waals surface area (Å²) in [4.78, 5) is 12.1. The van der Waals surface area contributed by atoms with E-state index in [4.69, 9.17) is 15.8 Å². The third-order valence-corrected chi connectivity index (χ3v) is 8.90. The second-order valence-electron chi connectivity index (χ2n) is 10.0. The van der Waals surface area contributed by atoms with Gasteiger partial charge in [0.05, 0.1) is 11.7 Å². The van der Waals surface area contributed by atoms with Crippen molar-refractivity contribution in [3.63, 3.8) is 0 Å². The van der Waals surface area contributed by atoms with E-state index in [1.807, 2.05) is 15.9 Å². The van der Waals surface area contributed by atoms with E-state index in [-0.39, 0.29) is 12.1 Å². The molecule has 0 amide bonds. The molecule has 2 aliphatic heterocycles. The first-order chi connectivity index (χ1) is 16.1. The Morgan fingerprint density at radius 2 is 2.00 bits per heavy atom. The molecular formula is C25H34N6OS. The van der Waals surface area contributed by atoms with Gasteiger partial charge in [-0.2, -0.15) is 5.10 Å². The second-order valence-corrected chi connectivity index (χ2v) is 11.2. The summed E-state index contributed by atoms with van der Waals surface area (Å²) in [6.07, 6.45) is 10.7. The molecule has 0 bridgehead atoms. The summed E-state index contributed by atoms with van der Waals surface area (Å²) in [5.74, 6) is 1.02. The molecule has 1 unspecified atom stereocenters. The zero-order chi connectivity index (χ0) is 22.5. The van der Waals surface area contributed by atoms with Gasteiger partial charge in [0.15, 0.2) is 5.65 Å². The van der Waals surface area contributed by atoms with Gasteiger partial charge in [-0.3, -0.25) is 4.90 Å². The number of rotatable bonds is 4. The molecule has 0 radical (unpaired) electrons. The number of likely N-dealkylation sites (tertiary alicyclic amines) is 1. The van der Waals surface area contributed by atoms with Crippen LogP contribution in [-0.4, -0.2) is 50.3 Å². The highest BCUT2D eigenvalue weighted by molar-refractivity contribution is 7.12. The number of aliphatic hydroxyl groups excluding tert-OH is 1. The van der Waals surface area contributed by atoms with Crippen molar-refractivity contribution < 1.29 is 5.11 Å². The number of anilines is 1. The van der Waals surface area contributed by atoms with E-state index in [0.717, 1.165) is 85.8 Å². The van der Waals surface area contributed by atoms with E-state index in [9.17, 15) is 5.11 Å². The number of hydrogen-bond acceptors (Lipinski definition) is 7. The number of aliphatic hydroxyl groups is 1. The van der Waals surface area contributed by atoms with Gasteiger partial charge in [0.1, 0.15) is 12.0 Å². The van der Waals surface area contributed by atoms with Crippen molar-refractivity contribution in [1.29, 1.82) is 0 Å². The number of aryl methyl sites for hydroxylation is 3. The summed E-state index contributed by atoms with van der Waals surface area (Å²) >= 11 is 1.81.